The van der Waals surface area contributed by atoms with Crippen LogP contribution in [0.4, 0.5) is 0 Å². The molecule has 4 heteroatoms. The maximum Gasteiger partial charge on any atom is 0.254 e. The summed E-state index contributed by atoms with van der Waals surface area (Å²) in [6, 6.07) is 16.1. The summed E-state index contributed by atoms with van der Waals surface area (Å²) in [5.41, 5.74) is 10.3. The Labute approximate surface area is 163 Å². The second-order valence-electron chi connectivity index (χ2n) is 7.83. The van der Waals surface area contributed by atoms with E-state index in [4.69, 9.17) is 5.73 Å². The molecular formula is C23H31N3O. The van der Waals surface area contributed by atoms with Crippen molar-refractivity contribution >= 4 is 11.7 Å². The van der Waals surface area contributed by atoms with Gasteiger partial charge in [-0.1, -0.05) is 56.3 Å². The quantitative estimate of drug-likeness (QED) is 0.596. The third-order valence-corrected chi connectivity index (χ3v) is 4.45. The number of nitrogens with two attached hydrogens (primary N) is 1. The number of amidine groups is 1. The molecule has 0 aliphatic heterocycles. The zero-order valence-corrected chi connectivity index (χ0v) is 17.1. The molecule has 0 bridgehead atoms. The summed E-state index contributed by atoms with van der Waals surface area (Å²) < 4.78 is 0. The SMILES string of the molecule is CC(C)Cc1ccc(C(C)C(=O)N=C(N)c2cccc(CN(C)C)c2)cc1. The standard InChI is InChI=1S/C23H31N3O/c1-16(2)13-18-9-11-20(12-10-18)17(3)23(27)25-22(24)21-8-6-7-19(14-21)15-26(4)5/h6-12,14,16-17H,13,15H2,1-5H3,(H2,24,25,27). The number of nitrogens with zero attached hydrogens (tertiary/aromatic N) is 2. The molecule has 0 spiro atoms. The molecule has 1 unspecified atom stereocenters. The largest absolute Gasteiger partial charge is 0.383 e. The first-order chi connectivity index (χ1) is 12.8. The van der Waals surface area contributed by atoms with Crippen molar-refractivity contribution < 1.29 is 4.79 Å². The lowest BCUT2D eigenvalue weighted by atomic mass is 9.96. The Kier molecular flexibility index (Phi) is 7.31. The van der Waals surface area contributed by atoms with Crippen molar-refractivity contribution in [1.29, 1.82) is 0 Å². The molecule has 0 fully saturated rings. The number of aliphatic imine (C=N–C) groups is 1. The Balaban J connectivity index is 2.12. The van der Waals surface area contributed by atoms with Crippen molar-refractivity contribution in [1.82, 2.24) is 4.90 Å². The zero-order valence-electron chi connectivity index (χ0n) is 17.1. The van der Waals surface area contributed by atoms with Gasteiger partial charge in [0, 0.05) is 12.1 Å². The molecule has 144 valence electrons. The van der Waals surface area contributed by atoms with Gasteiger partial charge >= 0.3 is 0 Å². The number of benzene rings is 2. The summed E-state index contributed by atoms with van der Waals surface area (Å²) in [6.07, 6.45) is 1.04. The minimum absolute atomic E-state index is 0.220. The van der Waals surface area contributed by atoms with E-state index in [1.54, 1.807) is 0 Å². The molecule has 2 aromatic carbocycles. The summed E-state index contributed by atoms with van der Waals surface area (Å²) in [5.74, 6) is 0.343. The van der Waals surface area contributed by atoms with E-state index in [-0.39, 0.29) is 17.7 Å². The van der Waals surface area contributed by atoms with Crippen molar-refractivity contribution in [2.24, 2.45) is 16.6 Å². The second-order valence-corrected chi connectivity index (χ2v) is 7.83. The van der Waals surface area contributed by atoms with E-state index in [9.17, 15) is 4.79 Å². The van der Waals surface area contributed by atoms with Crippen LogP contribution < -0.4 is 5.73 Å². The molecule has 1 amide bonds. The van der Waals surface area contributed by atoms with Crippen LogP contribution in [0.3, 0.4) is 0 Å². The van der Waals surface area contributed by atoms with Gasteiger partial charge < -0.3 is 10.6 Å². The summed E-state index contributed by atoms with van der Waals surface area (Å²) in [7, 11) is 4.03. The number of carbonyl (C=O) groups excluding carboxylic acids is 1. The van der Waals surface area contributed by atoms with Gasteiger partial charge in [0.1, 0.15) is 5.84 Å². The van der Waals surface area contributed by atoms with Crippen molar-refractivity contribution in [3.05, 3.63) is 70.8 Å². The van der Waals surface area contributed by atoms with Crippen LogP contribution in [0.25, 0.3) is 0 Å². The van der Waals surface area contributed by atoms with Crippen LogP contribution in [0.2, 0.25) is 0 Å². The first-order valence-electron chi connectivity index (χ1n) is 9.47. The summed E-state index contributed by atoms with van der Waals surface area (Å²) in [4.78, 5) is 18.8. The van der Waals surface area contributed by atoms with Crippen molar-refractivity contribution in [2.45, 2.75) is 39.7 Å². The molecule has 0 saturated carbocycles. The average Bonchev–Trinajstić information content (AvgIpc) is 2.61. The maximum absolute atomic E-state index is 12.6. The van der Waals surface area contributed by atoms with Gasteiger partial charge in [-0.05, 0) is 56.1 Å². The molecule has 4 nitrogen and oxygen atoms in total. The third kappa shape index (κ3) is 6.33. The summed E-state index contributed by atoms with van der Waals surface area (Å²) in [5, 5.41) is 0. The summed E-state index contributed by atoms with van der Waals surface area (Å²) in [6.45, 7) is 7.09. The zero-order chi connectivity index (χ0) is 20.0. The van der Waals surface area contributed by atoms with Gasteiger partial charge in [0.15, 0.2) is 0 Å². The highest BCUT2D eigenvalue weighted by molar-refractivity contribution is 6.05. The van der Waals surface area contributed by atoms with Crippen LogP contribution in [0.5, 0.6) is 0 Å². The van der Waals surface area contributed by atoms with Gasteiger partial charge in [0.25, 0.3) is 5.91 Å². The normalized spacial score (nSPS) is 13.2. The van der Waals surface area contributed by atoms with Crippen molar-refractivity contribution in [3.63, 3.8) is 0 Å². The van der Waals surface area contributed by atoms with Crippen LogP contribution in [-0.2, 0) is 17.8 Å². The summed E-state index contributed by atoms with van der Waals surface area (Å²) >= 11 is 0. The van der Waals surface area contributed by atoms with Crippen LogP contribution >= 0.6 is 0 Å². The fraction of sp³-hybridized carbons (Fsp3) is 0.391. The van der Waals surface area contributed by atoms with Gasteiger partial charge in [-0.3, -0.25) is 4.79 Å². The number of hydrogen-bond donors (Lipinski definition) is 1. The molecule has 2 N–H and O–H groups in total. The van der Waals surface area contributed by atoms with Gasteiger partial charge in [0.2, 0.25) is 0 Å². The lowest BCUT2D eigenvalue weighted by Crippen LogP contribution is -2.19. The van der Waals surface area contributed by atoms with E-state index >= 15 is 0 Å². The third-order valence-electron chi connectivity index (χ3n) is 4.45. The first-order valence-corrected chi connectivity index (χ1v) is 9.47. The average molecular weight is 366 g/mol. The van der Waals surface area contributed by atoms with Crippen LogP contribution in [0.1, 0.15) is 48.9 Å². The first kappa shape index (κ1) is 20.8. The minimum atomic E-state index is -0.318. The Bertz CT molecular complexity index is 792. The highest BCUT2D eigenvalue weighted by Gasteiger charge is 2.15. The van der Waals surface area contributed by atoms with Crippen LogP contribution in [0.15, 0.2) is 53.5 Å². The highest BCUT2D eigenvalue weighted by atomic mass is 16.1. The predicted molar refractivity (Wildman–Crippen MR) is 113 cm³/mol. The molecular weight excluding hydrogens is 334 g/mol. The topological polar surface area (TPSA) is 58.7 Å². The molecule has 2 aromatic rings. The fourth-order valence-corrected chi connectivity index (χ4v) is 3.03. The maximum atomic E-state index is 12.6. The Hall–Kier alpha value is -2.46. The van der Waals surface area contributed by atoms with Gasteiger partial charge in [-0.25, -0.2) is 0 Å². The molecule has 27 heavy (non-hydrogen) atoms. The molecule has 0 aromatic heterocycles. The van der Waals surface area contributed by atoms with Gasteiger partial charge in [0.05, 0.1) is 5.92 Å². The minimum Gasteiger partial charge on any atom is -0.383 e. The molecule has 0 aliphatic carbocycles. The second kappa shape index (κ2) is 9.47. The lowest BCUT2D eigenvalue weighted by Gasteiger charge is -2.12. The van der Waals surface area contributed by atoms with Gasteiger partial charge in [-0.2, -0.15) is 4.99 Å². The van der Waals surface area contributed by atoms with E-state index < -0.39 is 0 Å². The van der Waals surface area contributed by atoms with Crippen molar-refractivity contribution in [2.75, 3.05) is 14.1 Å². The lowest BCUT2D eigenvalue weighted by molar-refractivity contribution is -0.118. The van der Waals surface area contributed by atoms with Crippen LogP contribution in [-0.4, -0.2) is 30.7 Å². The number of hydrogen-bond acceptors (Lipinski definition) is 2. The van der Waals surface area contributed by atoms with E-state index in [0.29, 0.717) is 5.92 Å². The van der Waals surface area contributed by atoms with E-state index in [1.807, 2.05) is 57.4 Å². The smallest absolute Gasteiger partial charge is 0.254 e. The monoisotopic (exact) mass is 365 g/mol. The Morgan fingerprint density at radius 3 is 2.30 bits per heavy atom. The fourth-order valence-electron chi connectivity index (χ4n) is 3.03. The molecule has 0 heterocycles. The van der Waals surface area contributed by atoms with Crippen molar-refractivity contribution in [3.8, 4) is 0 Å². The molecule has 0 saturated heterocycles. The van der Waals surface area contributed by atoms with E-state index in [0.717, 1.165) is 29.7 Å². The molecule has 0 aliphatic rings. The predicted octanol–water partition coefficient (Wildman–Crippen LogP) is 3.98. The van der Waals surface area contributed by atoms with E-state index in [2.05, 4.69) is 35.9 Å². The van der Waals surface area contributed by atoms with Gasteiger partial charge in [-0.15, -0.1) is 0 Å². The molecule has 1 atom stereocenters. The Morgan fingerprint density at radius 2 is 1.70 bits per heavy atom. The number of carbonyl (C=O) groups is 1. The molecule has 2 rings (SSSR count). The highest BCUT2D eigenvalue weighted by Crippen LogP contribution is 2.19. The number of rotatable bonds is 7. The van der Waals surface area contributed by atoms with Crippen LogP contribution in [0, 0.1) is 5.92 Å². The Morgan fingerprint density at radius 1 is 1.04 bits per heavy atom. The van der Waals surface area contributed by atoms with E-state index in [1.165, 1.54) is 5.56 Å². The molecule has 0 radical (unpaired) electrons. The number of amides is 1.